The fourth-order valence-corrected chi connectivity index (χ4v) is 9.27. The second-order valence-electron chi connectivity index (χ2n) is 15.7. The van der Waals surface area contributed by atoms with Gasteiger partial charge in [0.25, 0.3) is 17.9 Å². The molecule has 2 saturated heterocycles. The zero-order valence-corrected chi connectivity index (χ0v) is 32.2. The highest BCUT2D eigenvalue weighted by Crippen LogP contribution is 2.44. The SMILES string of the molecule is COc1cc(N2CCCc3cc(-c4cnn(C5CCN(c6ccc7c(c6)CN(C6CCC(O)NC6=O)C7=O)CC5)c4)c(C(F)F)cc32)c2cc(C)c(=O)n(C)c2c1. The number of hydrogen-bond donors (Lipinski definition) is 2. The van der Waals surface area contributed by atoms with Gasteiger partial charge in [-0.05, 0) is 98.5 Å². The third kappa shape index (κ3) is 6.39. The van der Waals surface area contributed by atoms with Gasteiger partial charge in [0.05, 0.1) is 30.6 Å². The number of nitrogens with one attached hydrogen (secondary N) is 1. The maximum Gasteiger partial charge on any atom is 0.264 e. The molecule has 4 aliphatic rings. The molecular weight excluding hydrogens is 733 g/mol. The van der Waals surface area contributed by atoms with Gasteiger partial charge in [-0.25, -0.2) is 8.78 Å². The molecule has 0 bridgehead atoms. The van der Waals surface area contributed by atoms with Crippen molar-refractivity contribution >= 4 is 39.8 Å². The number of piperidine rings is 2. The number of aliphatic hydroxyl groups excluding tert-OH is 1. The second kappa shape index (κ2) is 14.3. The summed E-state index contributed by atoms with van der Waals surface area (Å²) in [7, 11) is 3.31. The van der Waals surface area contributed by atoms with E-state index in [2.05, 4.69) is 15.1 Å². The van der Waals surface area contributed by atoms with Gasteiger partial charge in [0, 0.05) is 90.6 Å². The van der Waals surface area contributed by atoms with E-state index >= 15 is 0 Å². The molecule has 2 unspecified atom stereocenters. The predicted molar refractivity (Wildman–Crippen MR) is 212 cm³/mol. The molecule has 3 aromatic carbocycles. The zero-order chi connectivity index (χ0) is 39.7. The van der Waals surface area contributed by atoms with Crippen LogP contribution in [0.5, 0.6) is 5.75 Å². The minimum atomic E-state index is -2.71. The number of ether oxygens (including phenoxy) is 1. The number of aliphatic hydroxyl groups is 1. The molecule has 57 heavy (non-hydrogen) atoms. The maximum absolute atomic E-state index is 15.0. The number of rotatable bonds is 7. The van der Waals surface area contributed by atoms with Crippen molar-refractivity contribution in [3.05, 3.63) is 99.1 Å². The number of amides is 2. The summed E-state index contributed by atoms with van der Waals surface area (Å²) in [5.41, 5.74) is 7.29. The topological polar surface area (TPSA) is 125 Å². The predicted octanol–water partition coefficient (Wildman–Crippen LogP) is 6.14. The number of fused-ring (bicyclic) bond motifs is 3. The summed E-state index contributed by atoms with van der Waals surface area (Å²) in [4.78, 5) is 44.6. The van der Waals surface area contributed by atoms with Gasteiger partial charge in [-0.15, -0.1) is 0 Å². The van der Waals surface area contributed by atoms with Crippen LogP contribution < -0.4 is 25.4 Å². The summed E-state index contributed by atoms with van der Waals surface area (Å²) in [6.07, 6.45) is 3.98. The number of aryl methyl sites for hydroxylation is 3. The molecule has 6 heterocycles. The van der Waals surface area contributed by atoms with Crippen molar-refractivity contribution in [2.45, 2.75) is 76.7 Å². The Kier molecular flexibility index (Phi) is 9.26. The van der Waals surface area contributed by atoms with E-state index in [1.54, 1.807) is 42.8 Å². The van der Waals surface area contributed by atoms with Crippen LogP contribution in [0, 0.1) is 6.92 Å². The summed E-state index contributed by atoms with van der Waals surface area (Å²) >= 11 is 0. The molecule has 296 valence electrons. The molecular formula is C43H45F2N7O5. The molecule has 2 amide bonds. The number of aromatic nitrogens is 3. The molecule has 2 fully saturated rings. The minimum Gasteiger partial charge on any atom is -0.497 e. The number of nitrogens with zero attached hydrogens (tertiary/aromatic N) is 6. The molecule has 2 N–H and O–H groups in total. The number of methoxy groups -OCH3 is 1. The lowest BCUT2D eigenvalue weighted by Crippen LogP contribution is -2.54. The molecule has 9 rings (SSSR count). The molecule has 0 spiro atoms. The summed E-state index contributed by atoms with van der Waals surface area (Å²) in [6.45, 7) is 4.27. The lowest BCUT2D eigenvalue weighted by Gasteiger charge is -2.34. The van der Waals surface area contributed by atoms with Crippen LogP contribution in [0.1, 0.15) is 77.2 Å². The lowest BCUT2D eigenvalue weighted by atomic mass is 9.92. The van der Waals surface area contributed by atoms with Crippen LogP contribution >= 0.6 is 0 Å². The van der Waals surface area contributed by atoms with E-state index in [9.17, 15) is 28.3 Å². The first-order valence-electron chi connectivity index (χ1n) is 19.6. The van der Waals surface area contributed by atoms with Crippen molar-refractivity contribution in [2.24, 2.45) is 7.05 Å². The fraction of sp³-hybridized carbons (Fsp3) is 0.395. The van der Waals surface area contributed by atoms with Crippen LogP contribution in [0.4, 0.5) is 25.8 Å². The molecule has 14 heteroatoms. The second-order valence-corrected chi connectivity index (χ2v) is 15.7. The lowest BCUT2D eigenvalue weighted by molar-refractivity contribution is -0.132. The quantitative estimate of drug-likeness (QED) is 0.202. The van der Waals surface area contributed by atoms with Crippen LogP contribution in [-0.4, -0.2) is 75.2 Å². The van der Waals surface area contributed by atoms with E-state index in [1.807, 2.05) is 53.3 Å². The van der Waals surface area contributed by atoms with Crippen molar-refractivity contribution in [1.29, 1.82) is 0 Å². The van der Waals surface area contributed by atoms with Gasteiger partial charge in [-0.1, -0.05) is 0 Å². The molecule has 12 nitrogen and oxygen atoms in total. The Morgan fingerprint density at radius 2 is 1.74 bits per heavy atom. The molecule has 0 aliphatic carbocycles. The molecule has 2 aromatic heterocycles. The molecule has 0 radical (unpaired) electrons. The maximum atomic E-state index is 15.0. The number of carbonyl (C=O) groups is 2. The smallest absolute Gasteiger partial charge is 0.264 e. The summed E-state index contributed by atoms with van der Waals surface area (Å²) in [5.74, 6) is 0.0888. The molecule has 0 saturated carbocycles. The van der Waals surface area contributed by atoms with Crippen LogP contribution in [0.25, 0.3) is 22.0 Å². The van der Waals surface area contributed by atoms with Crippen molar-refractivity contribution in [1.82, 2.24) is 24.6 Å². The van der Waals surface area contributed by atoms with Crippen molar-refractivity contribution in [3.63, 3.8) is 0 Å². The molecule has 4 aliphatic heterocycles. The Hall–Kier alpha value is -5.76. The highest BCUT2D eigenvalue weighted by molar-refractivity contribution is 6.02. The number of benzene rings is 3. The first-order valence-corrected chi connectivity index (χ1v) is 19.6. The Balaban J connectivity index is 0.939. The Bertz CT molecular complexity index is 2490. The number of hydrogen-bond acceptors (Lipinski definition) is 8. The third-order valence-corrected chi connectivity index (χ3v) is 12.3. The van der Waals surface area contributed by atoms with E-state index in [0.717, 1.165) is 72.3 Å². The van der Waals surface area contributed by atoms with Crippen LogP contribution in [-0.2, 0) is 24.8 Å². The Morgan fingerprint density at radius 1 is 0.930 bits per heavy atom. The summed E-state index contributed by atoms with van der Waals surface area (Å²) in [6, 6.07) is 14.5. The first kappa shape index (κ1) is 36.9. The average Bonchev–Trinajstić information content (AvgIpc) is 3.84. The largest absolute Gasteiger partial charge is 0.497 e. The van der Waals surface area contributed by atoms with E-state index in [1.165, 1.54) is 0 Å². The Morgan fingerprint density at radius 3 is 2.49 bits per heavy atom. The van der Waals surface area contributed by atoms with E-state index in [-0.39, 0.29) is 29.0 Å². The monoisotopic (exact) mass is 777 g/mol. The van der Waals surface area contributed by atoms with Gasteiger partial charge in [-0.3, -0.25) is 19.1 Å². The van der Waals surface area contributed by atoms with Crippen LogP contribution in [0.2, 0.25) is 0 Å². The standard InChI is InChI=1S/C43H45F2N7O5/c1-24-15-34-37(48(2)42(24)55)18-30(57-3)19-38(34)50-12-4-5-25-17-32(33(40(44)45)20-36(25)50)27-21-46-52(23-27)28-10-13-49(14-11-28)29-6-7-31-26(16-29)22-51(43(31)56)35-8-9-39(53)47-41(35)54/h6-7,15-21,23,28,35,39-40,53H,4-5,8-14,22H2,1-3H3,(H,47,54). The highest BCUT2D eigenvalue weighted by atomic mass is 19.3. The third-order valence-electron chi connectivity index (χ3n) is 12.3. The van der Waals surface area contributed by atoms with Crippen molar-refractivity contribution in [3.8, 4) is 16.9 Å². The number of carbonyl (C=O) groups excluding carboxylic acids is 2. The van der Waals surface area contributed by atoms with Gasteiger partial charge in [0.15, 0.2) is 0 Å². The van der Waals surface area contributed by atoms with Gasteiger partial charge in [0.1, 0.15) is 18.0 Å². The highest BCUT2D eigenvalue weighted by Gasteiger charge is 2.39. The number of alkyl halides is 2. The van der Waals surface area contributed by atoms with Crippen LogP contribution in [0.3, 0.4) is 0 Å². The van der Waals surface area contributed by atoms with E-state index in [4.69, 9.17) is 9.84 Å². The van der Waals surface area contributed by atoms with Gasteiger partial charge in [0.2, 0.25) is 5.91 Å². The van der Waals surface area contributed by atoms with E-state index in [0.29, 0.717) is 59.5 Å². The van der Waals surface area contributed by atoms with Crippen molar-refractivity contribution in [2.75, 3.05) is 36.5 Å². The number of pyridine rings is 1. The first-order chi connectivity index (χ1) is 27.5. The molecule has 2 atom stereocenters. The normalized spacial score (nSPS) is 20.0. The number of halogens is 2. The Labute approximate surface area is 328 Å². The van der Waals surface area contributed by atoms with Gasteiger partial charge in [-0.2, -0.15) is 5.10 Å². The van der Waals surface area contributed by atoms with E-state index < -0.39 is 18.7 Å². The summed E-state index contributed by atoms with van der Waals surface area (Å²) in [5, 5.41) is 17.9. The van der Waals surface area contributed by atoms with Gasteiger partial charge < -0.3 is 34.4 Å². The van der Waals surface area contributed by atoms with Crippen LogP contribution in [0.15, 0.2) is 65.7 Å². The number of anilines is 3. The van der Waals surface area contributed by atoms with Gasteiger partial charge >= 0.3 is 0 Å². The van der Waals surface area contributed by atoms with Crippen molar-refractivity contribution < 1.29 is 28.2 Å². The molecule has 5 aromatic rings. The zero-order valence-electron chi connectivity index (χ0n) is 32.2. The average molecular weight is 778 g/mol. The minimum absolute atomic E-state index is 0.0545. The fourth-order valence-electron chi connectivity index (χ4n) is 9.27. The summed E-state index contributed by atoms with van der Waals surface area (Å²) < 4.78 is 39.1.